The van der Waals surface area contributed by atoms with E-state index in [9.17, 15) is 9.59 Å². The summed E-state index contributed by atoms with van der Waals surface area (Å²) in [7, 11) is 1.54. The second-order valence-corrected chi connectivity index (χ2v) is 8.53. The molecule has 0 aliphatic carbocycles. The molecular weight excluding hydrogens is 394 g/mol. The first-order valence-electron chi connectivity index (χ1n) is 11.7. The predicted molar refractivity (Wildman–Crippen MR) is 121 cm³/mol. The molecule has 2 N–H and O–H groups in total. The number of hydrogen-bond acceptors (Lipinski definition) is 5. The zero-order chi connectivity index (χ0) is 21.9. The average Bonchev–Trinajstić information content (AvgIpc) is 2.78. The van der Waals surface area contributed by atoms with Gasteiger partial charge in [0.15, 0.2) is 0 Å². The molecule has 0 saturated carbocycles. The van der Waals surface area contributed by atoms with Crippen LogP contribution in [0.3, 0.4) is 0 Å². The number of methoxy groups -OCH3 is 1. The summed E-state index contributed by atoms with van der Waals surface area (Å²) in [5.74, 6) is 0.374. The predicted octanol–water partition coefficient (Wildman–Crippen LogP) is 2.88. The first-order chi connectivity index (χ1) is 15.2. The number of ether oxygens (including phenoxy) is 2. The number of carbonyl (C=O) groups is 2. The van der Waals surface area contributed by atoms with Crippen LogP contribution in [0.2, 0.25) is 0 Å². The maximum Gasteiger partial charge on any atom is 0.252 e. The molecule has 7 nitrogen and oxygen atoms in total. The lowest BCUT2D eigenvalue weighted by molar-refractivity contribution is -0.122. The van der Waals surface area contributed by atoms with Gasteiger partial charge < -0.3 is 25.0 Å². The molecule has 2 aliphatic rings. The maximum atomic E-state index is 12.8. The van der Waals surface area contributed by atoms with Crippen molar-refractivity contribution in [1.82, 2.24) is 10.6 Å². The summed E-state index contributed by atoms with van der Waals surface area (Å²) in [6.07, 6.45) is 7.59. The van der Waals surface area contributed by atoms with E-state index in [1.165, 1.54) is 12.8 Å². The molecule has 0 unspecified atom stereocenters. The molecule has 7 heteroatoms. The highest BCUT2D eigenvalue weighted by Crippen LogP contribution is 2.24. The van der Waals surface area contributed by atoms with E-state index in [4.69, 9.17) is 9.47 Å². The van der Waals surface area contributed by atoms with Crippen molar-refractivity contribution in [3.8, 4) is 0 Å². The number of fused-ring (bicyclic) bond motifs is 1. The lowest BCUT2D eigenvalue weighted by Crippen LogP contribution is -2.36. The molecule has 0 spiro atoms. The summed E-state index contributed by atoms with van der Waals surface area (Å²) in [6, 6.07) is 5.68. The molecule has 0 radical (unpaired) electrons. The van der Waals surface area contributed by atoms with Gasteiger partial charge in [0, 0.05) is 51.2 Å². The van der Waals surface area contributed by atoms with E-state index in [0.717, 1.165) is 63.1 Å². The minimum Gasteiger partial charge on any atom is -0.381 e. The van der Waals surface area contributed by atoms with Crippen molar-refractivity contribution in [3.63, 3.8) is 0 Å². The van der Waals surface area contributed by atoms with Crippen LogP contribution in [0.4, 0.5) is 5.69 Å². The van der Waals surface area contributed by atoms with Gasteiger partial charge in [-0.05, 0) is 61.9 Å². The zero-order valence-corrected chi connectivity index (χ0v) is 18.8. The summed E-state index contributed by atoms with van der Waals surface area (Å²) in [5, 5.41) is 6.57. The minimum absolute atomic E-state index is 0.0440. The highest BCUT2D eigenvalue weighted by atomic mass is 16.5. The van der Waals surface area contributed by atoms with Gasteiger partial charge in [-0.3, -0.25) is 9.59 Å². The van der Waals surface area contributed by atoms with E-state index in [1.807, 2.05) is 23.1 Å². The Labute approximate surface area is 185 Å². The fourth-order valence-electron chi connectivity index (χ4n) is 4.28. The molecule has 172 valence electrons. The molecule has 1 aromatic rings. The summed E-state index contributed by atoms with van der Waals surface area (Å²) >= 11 is 0. The first-order valence-corrected chi connectivity index (χ1v) is 11.7. The Morgan fingerprint density at radius 3 is 2.74 bits per heavy atom. The van der Waals surface area contributed by atoms with Crippen molar-refractivity contribution < 1.29 is 19.1 Å². The van der Waals surface area contributed by atoms with Crippen LogP contribution in [0.1, 0.15) is 60.9 Å². The molecule has 2 heterocycles. The molecule has 31 heavy (non-hydrogen) atoms. The summed E-state index contributed by atoms with van der Waals surface area (Å²) in [6.45, 7) is 4.52. The lowest BCUT2D eigenvalue weighted by Gasteiger charge is -2.26. The Hall–Kier alpha value is -1.96. The third-order valence-corrected chi connectivity index (χ3v) is 6.14. The fourth-order valence-corrected chi connectivity index (χ4v) is 4.28. The van der Waals surface area contributed by atoms with Gasteiger partial charge in [0.2, 0.25) is 0 Å². The molecule has 1 aromatic carbocycles. The van der Waals surface area contributed by atoms with Crippen molar-refractivity contribution in [2.24, 2.45) is 5.92 Å². The normalized spacial score (nSPS) is 19.1. The fraction of sp³-hybridized carbons (Fsp3) is 0.667. The Bertz CT molecular complexity index is 719. The molecule has 3 rings (SSSR count). The monoisotopic (exact) mass is 431 g/mol. The van der Waals surface area contributed by atoms with Crippen molar-refractivity contribution in [1.29, 1.82) is 0 Å². The number of hydrogen-bond donors (Lipinski definition) is 2. The van der Waals surface area contributed by atoms with E-state index < -0.39 is 0 Å². The number of rotatable bonds is 5. The number of anilines is 1. The summed E-state index contributed by atoms with van der Waals surface area (Å²) in [5.41, 5.74) is 2.48. The number of carbonyl (C=O) groups excluding carboxylic acids is 2. The third kappa shape index (κ3) is 7.30. The topological polar surface area (TPSA) is 79.9 Å². The highest BCUT2D eigenvalue weighted by molar-refractivity contribution is 5.98. The second kappa shape index (κ2) is 12.8. The summed E-state index contributed by atoms with van der Waals surface area (Å²) < 4.78 is 10.5. The molecule has 0 atom stereocenters. The van der Waals surface area contributed by atoms with Crippen LogP contribution in [0, 0.1) is 5.92 Å². The molecule has 0 bridgehead atoms. The molecule has 1 saturated heterocycles. The quantitative estimate of drug-likeness (QED) is 0.749. The van der Waals surface area contributed by atoms with Gasteiger partial charge in [-0.15, -0.1) is 0 Å². The van der Waals surface area contributed by atoms with E-state index >= 15 is 0 Å². The Balaban J connectivity index is 1.76. The van der Waals surface area contributed by atoms with Gasteiger partial charge in [0.25, 0.3) is 11.8 Å². The molecule has 2 aliphatic heterocycles. The Morgan fingerprint density at radius 1 is 1.16 bits per heavy atom. The van der Waals surface area contributed by atoms with Crippen LogP contribution in [-0.2, 0) is 20.8 Å². The van der Waals surface area contributed by atoms with Crippen LogP contribution >= 0.6 is 0 Å². The van der Waals surface area contributed by atoms with Gasteiger partial charge in [0.05, 0.1) is 0 Å². The van der Waals surface area contributed by atoms with E-state index in [0.29, 0.717) is 31.1 Å². The summed E-state index contributed by atoms with van der Waals surface area (Å²) in [4.78, 5) is 27.4. The van der Waals surface area contributed by atoms with Gasteiger partial charge in [0.1, 0.15) is 6.61 Å². The van der Waals surface area contributed by atoms with Crippen molar-refractivity contribution >= 4 is 17.5 Å². The largest absolute Gasteiger partial charge is 0.381 e. The second-order valence-electron chi connectivity index (χ2n) is 8.53. The SMILES string of the molecule is COCC(=O)N1CCCCCCCNCc2cc(C(=O)NCC3CCOCC3)ccc21. The average molecular weight is 432 g/mol. The van der Waals surface area contributed by atoms with Crippen LogP contribution in [-0.4, -0.2) is 58.4 Å². The van der Waals surface area contributed by atoms with Crippen LogP contribution in [0.5, 0.6) is 0 Å². The zero-order valence-electron chi connectivity index (χ0n) is 18.8. The maximum absolute atomic E-state index is 12.8. The number of benzene rings is 1. The van der Waals surface area contributed by atoms with E-state index in [-0.39, 0.29) is 18.4 Å². The number of nitrogens with one attached hydrogen (secondary N) is 2. The first kappa shape index (κ1) is 23.7. The van der Waals surface area contributed by atoms with Crippen molar-refractivity contribution in [3.05, 3.63) is 29.3 Å². The van der Waals surface area contributed by atoms with E-state index in [1.54, 1.807) is 7.11 Å². The van der Waals surface area contributed by atoms with Gasteiger partial charge in [-0.1, -0.05) is 19.3 Å². The van der Waals surface area contributed by atoms with Gasteiger partial charge >= 0.3 is 0 Å². The van der Waals surface area contributed by atoms with Crippen molar-refractivity contribution in [2.75, 3.05) is 51.5 Å². The minimum atomic E-state index is -0.0600. The molecule has 2 amide bonds. The number of nitrogens with zero attached hydrogens (tertiary/aromatic N) is 1. The highest BCUT2D eigenvalue weighted by Gasteiger charge is 2.21. The van der Waals surface area contributed by atoms with Crippen LogP contribution in [0.25, 0.3) is 0 Å². The Kier molecular flexibility index (Phi) is 9.78. The van der Waals surface area contributed by atoms with Crippen LogP contribution in [0.15, 0.2) is 18.2 Å². The smallest absolute Gasteiger partial charge is 0.252 e. The molecule has 0 aromatic heterocycles. The number of amides is 2. The van der Waals surface area contributed by atoms with Gasteiger partial charge in [-0.2, -0.15) is 0 Å². The van der Waals surface area contributed by atoms with Crippen LogP contribution < -0.4 is 15.5 Å². The van der Waals surface area contributed by atoms with E-state index in [2.05, 4.69) is 10.6 Å². The molecular formula is C24H37N3O4. The standard InChI is InChI=1S/C24H37N3O4/c1-30-18-23(28)27-12-6-4-2-3-5-11-25-17-21-15-20(7-8-22(21)27)24(29)26-16-19-9-13-31-14-10-19/h7-8,15,19,25H,2-6,9-14,16-18H2,1H3,(H,26,29). The Morgan fingerprint density at radius 2 is 1.94 bits per heavy atom. The molecule has 1 fully saturated rings. The van der Waals surface area contributed by atoms with Crippen molar-refractivity contribution in [2.45, 2.75) is 51.5 Å². The van der Waals surface area contributed by atoms with Gasteiger partial charge in [-0.25, -0.2) is 0 Å². The lowest BCUT2D eigenvalue weighted by atomic mass is 10.00. The third-order valence-electron chi connectivity index (χ3n) is 6.14.